The quantitative estimate of drug-likeness (QED) is 0.510. The van der Waals surface area contributed by atoms with Crippen LogP contribution in [0.15, 0.2) is 59.5 Å². The zero-order valence-corrected chi connectivity index (χ0v) is 17.6. The van der Waals surface area contributed by atoms with Gasteiger partial charge in [-0.3, -0.25) is 4.79 Å². The van der Waals surface area contributed by atoms with Crippen molar-refractivity contribution in [3.63, 3.8) is 0 Å². The molecule has 1 saturated heterocycles. The van der Waals surface area contributed by atoms with Crippen LogP contribution in [0.1, 0.15) is 24.3 Å². The van der Waals surface area contributed by atoms with Crippen molar-refractivity contribution in [3.05, 3.63) is 65.2 Å². The Balaban J connectivity index is 0.00000261. The van der Waals surface area contributed by atoms with Crippen LogP contribution in [0, 0.1) is 5.92 Å². The Labute approximate surface area is 177 Å². The van der Waals surface area contributed by atoms with E-state index in [2.05, 4.69) is 24.3 Å². The summed E-state index contributed by atoms with van der Waals surface area (Å²) in [6, 6.07) is 18.3. The first kappa shape index (κ1) is 22.1. The van der Waals surface area contributed by atoms with E-state index in [1.54, 1.807) is 11.8 Å². The van der Waals surface area contributed by atoms with Crippen molar-refractivity contribution in [1.29, 1.82) is 0 Å². The first-order chi connectivity index (χ1) is 12.7. The first-order valence-electron chi connectivity index (χ1n) is 9.08. The van der Waals surface area contributed by atoms with Gasteiger partial charge in [0.2, 0.25) is 5.91 Å². The maximum absolute atomic E-state index is 12.6. The number of halogens is 2. The number of hydrogen-bond donors (Lipinski definition) is 1. The lowest BCUT2D eigenvalue weighted by molar-refractivity contribution is -0.130. The predicted octanol–water partition coefficient (Wildman–Crippen LogP) is 4.84. The lowest BCUT2D eigenvalue weighted by Gasteiger charge is -2.17. The third-order valence-corrected chi connectivity index (χ3v) is 6.29. The van der Waals surface area contributed by atoms with Gasteiger partial charge < -0.3 is 10.6 Å². The maximum atomic E-state index is 12.6. The van der Waals surface area contributed by atoms with Crippen LogP contribution in [-0.4, -0.2) is 36.2 Å². The molecule has 1 fully saturated rings. The van der Waals surface area contributed by atoms with Gasteiger partial charge >= 0.3 is 0 Å². The van der Waals surface area contributed by atoms with E-state index in [0.29, 0.717) is 24.8 Å². The Bertz CT molecular complexity index is 712. The van der Waals surface area contributed by atoms with Gasteiger partial charge in [0, 0.05) is 35.3 Å². The number of benzene rings is 2. The minimum Gasteiger partial charge on any atom is -0.342 e. The lowest BCUT2D eigenvalue weighted by Crippen LogP contribution is -2.29. The highest BCUT2D eigenvalue weighted by Gasteiger charge is 2.34. The second-order valence-electron chi connectivity index (χ2n) is 6.72. The van der Waals surface area contributed by atoms with Gasteiger partial charge in [-0.1, -0.05) is 41.9 Å². The van der Waals surface area contributed by atoms with E-state index < -0.39 is 0 Å². The molecular weight excluding hydrogens is 399 g/mol. The molecule has 0 aromatic heterocycles. The summed E-state index contributed by atoms with van der Waals surface area (Å²) in [6.45, 7) is 2.18. The monoisotopic (exact) mass is 424 g/mol. The van der Waals surface area contributed by atoms with Crippen molar-refractivity contribution >= 4 is 41.7 Å². The summed E-state index contributed by atoms with van der Waals surface area (Å²) >= 11 is 7.67. The fourth-order valence-corrected chi connectivity index (χ4v) is 4.47. The number of carbonyl (C=O) groups is 1. The van der Waals surface area contributed by atoms with Crippen molar-refractivity contribution in [2.24, 2.45) is 11.7 Å². The Hall–Kier alpha value is -1.20. The molecule has 2 aromatic rings. The Morgan fingerprint density at radius 3 is 2.48 bits per heavy atom. The summed E-state index contributed by atoms with van der Waals surface area (Å²) in [6.07, 6.45) is 1.48. The molecule has 2 aromatic carbocycles. The number of amides is 1. The highest BCUT2D eigenvalue weighted by molar-refractivity contribution is 7.99. The zero-order valence-electron chi connectivity index (χ0n) is 15.2. The molecule has 0 aliphatic carbocycles. The number of nitrogens with two attached hydrogens (primary N) is 1. The molecule has 0 saturated carbocycles. The first-order valence-corrected chi connectivity index (χ1v) is 10.4. The van der Waals surface area contributed by atoms with E-state index in [4.69, 9.17) is 17.3 Å². The molecule has 1 aliphatic heterocycles. The van der Waals surface area contributed by atoms with Crippen molar-refractivity contribution in [2.45, 2.75) is 23.7 Å². The minimum atomic E-state index is 0. The largest absolute Gasteiger partial charge is 0.342 e. The fourth-order valence-electron chi connectivity index (χ4n) is 3.49. The molecule has 6 heteroatoms. The van der Waals surface area contributed by atoms with E-state index in [9.17, 15) is 4.79 Å². The molecule has 3 rings (SSSR count). The van der Waals surface area contributed by atoms with Gasteiger partial charge in [0.15, 0.2) is 0 Å². The lowest BCUT2D eigenvalue weighted by atomic mass is 9.89. The molecule has 2 N–H and O–H groups in total. The summed E-state index contributed by atoms with van der Waals surface area (Å²) in [5.74, 6) is 1.89. The Morgan fingerprint density at radius 1 is 1.11 bits per heavy atom. The number of rotatable bonds is 7. The molecule has 1 aliphatic rings. The van der Waals surface area contributed by atoms with Crippen LogP contribution in [0.4, 0.5) is 0 Å². The Morgan fingerprint density at radius 2 is 1.81 bits per heavy atom. The van der Waals surface area contributed by atoms with Gasteiger partial charge in [-0.15, -0.1) is 24.2 Å². The van der Waals surface area contributed by atoms with Gasteiger partial charge in [-0.2, -0.15) is 0 Å². The number of hydrogen-bond acceptors (Lipinski definition) is 3. The van der Waals surface area contributed by atoms with Crippen LogP contribution >= 0.6 is 35.8 Å². The molecular formula is C21H26Cl2N2OS. The van der Waals surface area contributed by atoms with E-state index in [-0.39, 0.29) is 18.3 Å². The normalized spacial score (nSPS) is 19.0. The second kappa shape index (κ2) is 11.0. The number of thioether (sulfide) groups is 1. The molecule has 0 unspecified atom stereocenters. The maximum Gasteiger partial charge on any atom is 0.222 e. The third-order valence-electron chi connectivity index (χ3n) is 4.94. The van der Waals surface area contributed by atoms with Crippen LogP contribution in [0.25, 0.3) is 0 Å². The average molecular weight is 425 g/mol. The van der Waals surface area contributed by atoms with Crippen LogP contribution in [-0.2, 0) is 4.79 Å². The number of carbonyl (C=O) groups excluding carboxylic acids is 1. The van der Waals surface area contributed by atoms with Crippen molar-refractivity contribution in [3.8, 4) is 0 Å². The van der Waals surface area contributed by atoms with E-state index in [1.807, 2.05) is 35.2 Å². The van der Waals surface area contributed by atoms with E-state index >= 15 is 0 Å². The summed E-state index contributed by atoms with van der Waals surface area (Å²) in [4.78, 5) is 15.8. The van der Waals surface area contributed by atoms with Crippen LogP contribution in [0.3, 0.4) is 0 Å². The molecule has 27 heavy (non-hydrogen) atoms. The van der Waals surface area contributed by atoms with E-state index in [1.165, 1.54) is 10.5 Å². The third kappa shape index (κ3) is 6.15. The Kier molecular flexibility index (Phi) is 8.97. The van der Waals surface area contributed by atoms with Crippen molar-refractivity contribution < 1.29 is 4.79 Å². The van der Waals surface area contributed by atoms with Gasteiger partial charge in [-0.05, 0) is 54.5 Å². The predicted molar refractivity (Wildman–Crippen MR) is 117 cm³/mol. The van der Waals surface area contributed by atoms with E-state index in [0.717, 1.165) is 30.3 Å². The second-order valence-corrected chi connectivity index (χ2v) is 8.32. The fraction of sp³-hybridized carbons (Fsp3) is 0.381. The molecule has 0 spiro atoms. The summed E-state index contributed by atoms with van der Waals surface area (Å²) in [5.41, 5.74) is 7.26. The van der Waals surface area contributed by atoms with Gasteiger partial charge in [0.05, 0.1) is 0 Å². The SMILES string of the molecule is Cl.NC[C@@H]1CN(C(=O)CCCSc2ccc(Cl)cc2)C[C@H]1c1ccccc1. The number of nitrogens with zero attached hydrogens (tertiary/aromatic N) is 1. The van der Waals surface area contributed by atoms with Gasteiger partial charge in [-0.25, -0.2) is 0 Å². The topological polar surface area (TPSA) is 46.3 Å². The van der Waals surface area contributed by atoms with Gasteiger partial charge in [0.1, 0.15) is 0 Å². The van der Waals surface area contributed by atoms with Crippen molar-refractivity contribution in [2.75, 3.05) is 25.4 Å². The molecule has 1 amide bonds. The molecule has 3 nitrogen and oxygen atoms in total. The standard InChI is InChI=1S/C21H25ClN2OS.ClH/c22-18-8-10-19(11-9-18)26-12-4-7-21(25)24-14-17(13-23)20(15-24)16-5-2-1-3-6-16;/h1-3,5-6,8-11,17,20H,4,7,12-15,23H2;1H/t17-,20+;/m1./s1. The number of likely N-dealkylation sites (tertiary alicyclic amines) is 1. The molecule has 0 bridgehead atoms. The summed E-state index contributed by atoms with van der Waals surface area (Å²) < 4.78 is 0. The smallest absolute Gasteiger partial charge is 0.222 e. The molecule has 1 heterocycles. The van der Waals surface area contributed by atoms with Crippen LogP contribution in [0.5, 0.6) is 0 Å². The van der Waals surface area contributed by atoms with Crippen LogP contribution in [0.2, 0.25) is 5.02 Å². The van der Waals surface area contributed by atoms with Crippen LogP contribution < -0.4 is 5.73 Å². The molecule has 0 radical (unpaired) electrons. The zero-order chi connectivity index (χ0) is 18.4. The summed E-state index contributed by atoms with van der Waals surface area (Å²) in [7, 11) is 0. The molecule has 146 valence electrons. The van der Waals surface area contributed by atoms with Crippen molar-refractivity contribution in [1.82, 2.24) is 4.90 Å². The highest BCUT2D eigenvalue weighted by atomic mass is 35.5. The minimum absolute atomic E-state index is 0. The van der Waals surface area contributed by atoms with Gasteiger partial charge in [0.25, 0.3) is 0 Å². The summed E-state index contributed by atoms with van der Waals surface area (Å²) in [5, 5.41) is 0.751. The highest BCUT2D eigenvalue weighted by Crippen LogP contribution is 2.32. The average Bonchev–Trinajstić information content (AvgIpc) is 3.12. The molecule has 2 atom stereocenters.